The summed E-state index contributed by atoms with van der Waals surface area (Å²) >= 11 is 0. The molecule has 3 aromatic rings. The quantitative estimate of drug-likeness (QED) is 0.742. The fourth-order valence-corrected chi connectivity index (χ4v) is 2.41. The van der Waals surface area contributed by atoms with Gasteiger partial charge in [-0.25, -0.2) is 14.6 Å². The van der Waals surface area contributed by atoms with E-state index in [-0.39, 0.29) is 5.91 Å². The maximum Gasteiger partial charge on any atom is 0.253 e. The van der Waals surface area contributed by atoms with Crippen LogP contribution in [0.15, 0.2) is 55.2 Å². The van der Waals surface area contributed by atoms with Crippen molar-refractivity contribution in [3.63, 3.8) is 0 Å². The van der Waals surface area contributed by atoms with Gasteiger partial charge < -0.3 is 10.2 Å². The number of anilines is 1. The highest BCUT2D eigenvalue weighted by atomic mass is 16.1. The molecule has 0 spiro atoms. The molecular weight excluding hydrogens is 316 g/mol. The molecule has 3 rings (SSSR count). The standard InChI is InChI=1S/C18H20N6O/c1-23(2)17-7-6-16(10-20-17)18(25)21-9-14-4-3-5-15(8-14)11-24-13-19-12-22-24/h3-8,10,12-13H,9,11H2,1-2H3,(H,21,25). The molecule has 25 heavy (non-hydrogen) atoms. The largest absolute Gasteiger partial charge is 0.363 e. The van der Waals surface area contributed by atoms with Crippen LogP contribution in [0.1, 0.15) is 21.5 Å². The van der Waals surface area contributed by atoms with E-state index >= 15 is 0 Å². The van der Waals surface area contributed by atoms with Crippen LogP contribution < -0.4 is 10.2 Å². The SMILES string of the molecule is CN(C)c1ccc(C(=O)NCc2cccc(Cn3cncn3)c2)cn1. The van der Waals surface area contributed by atoms with Crippen molar-refractivity contribution in [1.82, 2.24) is 25.1 Å². The van der Waals surface area contributed by atoms with E-state index < -0.39 is 0 Å². The van der Waals surface area contributed by atoms with Crippen LogP contribution in [-0.2, 0) is 13.1 Å². The molecule has 0 bridgehead atoms. The van der Waals surface area contributed by atoms with Crippen LogP contribution in [0.4, 0.5) is 5.82 Å². The maximum atomic E-state index is 12.3. The Balaban J connectivity index is 1.60. The summed E-state index contributed by atoms with van der Waals surface area (Å²) in [5, 5.41) is 7.02. The molecule has 0 radical (unpaired) electrons. The number of carbonyl (C=O) groups is 1. The number of aromatic nitrogens is 4. The first-order chi connectivity index (χ1) is 12.1. The molecule has 1 aromatic carbocycles. The third-order valence-corrected chi connectivity index (χ3v) is 3.72. The summed E-state index contributed by atoms with van der Waals surface area (Å²) in [7, 11) is 3.82. The van der Waals surface area contributed by atoms with Gasteiger partial charge in [0, 0.05) is 26.8 Å². The highest BCUT2D eigenvalue weighted by molar-refractivity contribution is 5.94. The number of nitrogens with zero attached hydrogens (tertiary/aromatic N) is 5. The first-order valence-electron chi connectivity index (χ1n) is 7.93. The van der Waals surface area contributed by atoms with Gasteiger partial charge in [0.15, 0.2) is 0 Å². The van der Waals surface area contributed by atoms with Crippen molar-refractivity contribution in [2.24, 2.45) is 0 Å². The molecule has 7 heteroatoms. The van der Waals surface area contributed by atoms with Gasteiger partial charge in [0.25, 0.3) is 5.91 Å². The minimum atomic E-state index is -0.139. The highest BCUT2D eigenvalue weighted by Crippen LogP contribution is 2.09. The molecular formula is C18H20N6O. The minimum absolute atomic E-state index is 0.139. The van der Waals surface area contributed by atoms with Gasteiger partial charge in [-0.1, -0.05) is 24.3 Å². The maximum absolute atomic E-state index is 12.3. The van der Waals surface area contributed by atoms with Crippen LogP contribution in [0, 0.1) is 0 Å². The van der Waals surface area contributed by atoms with Crippen molar-refractivity contribution in [1.29, 1.82) is 0 Å². The Bertz CT molecular complexity index is 827. The molecule has 2 heterocycles. The van der Waals surface area contributed by atoms with Crippen LogP contribution in [-0.4, -0.2) is 39.8 Å². The lowest BCUT2D eigenvalue weighted by atomic mass is 10.1. The number of rotatable bonds is 6. The molecule has 0 saturated heterocycles. The zero-order valence-electron chi connectivity index (χ0n) is 14.3. The molecule has 0 unspecified atom stereocenters. The van der Waals surface area contributed by atoms with Crippen molar-refractivity contribution in [2.75, 3.05) is 19.0 Å². The van der Waals surface area contributed by atoms with Crippen LogP contribution >= 0.6 is 0 Å². The Labute approximate surface area is 146 Å². The van der Waals surface area contributed by atoms with E-state index in [9.17, 15) is 4.79 Å². The molecule has 0 saturated carbocycles. The normalized spacial score (nSPS) is 10.5. The van der Waals surface area contributed by atoms with Crippen LogP contribution in [0.5, 0.6) is 0 Å². The zero-order chi connectivity index (χ0) is 17.6. The third kappa shape index (κ3) is 4.41. The van der Waals surface area contributed by atoms with Gasteiger partial charge in [-0.2, -0.15) is 5.10 Å². The fourth-order valence-electron chi connectivity index (χ4n) is 2.41. The second-order valence-electron chi connectivity index (χ2n) is 5.90. The molecule has 128 valence electrons. The molecule has 0 aliphatic heterocycles. The summed E-state index contributed by atoms with van der Waals surface area (Å²) in [6.45, 7) is 1.11. The Morgan fingerprint density at radius 2 is 2.04 bits per heavy atom. The van der Waals surface area contributed by atoms with Gasteiger partial charge in [-0.05, 0) is 23.3 Å². The molecule has 1 N–H and O–H groups in total. The van der Waals surface area contributed by atoms with Gasteiger partial charge in [0.1, 0.15) is 18.5 Å². The van der Waals surface area contributed by atoms with Gasteiger partial charge in [0.2, 0.25) is 0 Å². The number of benzene rings is 1. The lowest BCUT2D eigenvalue weighted by Gasteiger charge is -2.11. The fraction of sp³-hybridized carbons (Fsp3) is 0.222. The molecule has 1 amide bonds. The molecule has 2 aromatic heterocycles. The number of hydrogen-bond donors (Lipinski definition) is 1. The molecule has 0 aliphatic carbocycles. The number of carbonyl (C=O) groups excluding carboxylic acids is 1. The van der Waals surface area contributed by atoms with E-state index in [1.807, 2.05) is 43.3 Å². The lowest BCUT2D eigenvalue weighted by molar-refractivity contribution is 0.0950. The number of nitrogens with one attached hydrogen (secondary N) is 1. The van der Waals surface area contributed by atoms with E-state index in [0.29, 0.717) is 18.7 Å². The van der Waals surface area contributed by atoms with Crippen LogP contribution in [0.3, 0.4) is 0 Å². The Morgan fingerprint density at radius 1 is 1.20 bits per heavy atom. The summed E-state index contributed by atoms with van der Waals surface area (Å²) in [5.74, 6) is 0.678. The average molecular weight is 336 g/mol. The predicted octanol–water partition coefficient (Wildman–Crippen LogP) is 1.72. The van der Waals surface area contributed by atoms with Crippen LogP contribution in [0.25, 0.3) is 0 Å². The van der Waals surface area contributed by atoms with Gasteiger partial charge in [-0.15, -0.1) is 0 Å². The summed E-state index contributed by atoms with van der Waals surface area (Å²) in [6, 6.07) is 11.6. The summed E-state index contributed by atoms with van der Waals surface area (Å²) in [5.41, 5.74) is 2.68. The molecule has 0 atom stereocenters. The number of amides is 1. The number of pyridine rings is 1. The second-order valence-corrected chi connectivity index (χ2v) is 5.90. The van der Waals surface area contributed by atoms with Gasteiger partial charge in [0.05, 0.1) is 12.1 Å². The summed E-state index contributed by atoms with van der Waals surface area (Å²) in [4.78, 5) is 22.3. The topological polar surface area (TPSA) is 75.9 Å². The van der Waals surface area contributed by atoms with Gasteiger partial charge in [-0.3, -0.25) is 4.79 Å². The van der Waals surface area contributed by atoms with Crippen molar-refractivity contribution in [3.8, 4) is 0 Å². The van der Waals surface area contributed by atoms with E-state index in [2.05, 4.69) is 26.4 Å². The first-order valence-corrected chi connectivity index (χ1v) is 7.93. The van der Waals surface area contributed by atoms with Crippen LogP contribution in [0.2, 0.25) is 0 Å². The van der Waals surface area contributed by atoms with E-state index in [1.165, 1.54) is 6.33 Å². The van der Waals surface area contributed by atoms with E-state index in [0.717, 1.165) is 16.9 Å². The summed E-state index contributed by atoms with van der Waals surface area (Å²) in [6.07, 6.45) is 4.78. The van der Waals surface area contributed by atoms with Crippen molar-refractivity contribution >= 4 is 11.7 Å². The highest BCUT2D eigenvalue weighted by Gasteiger charge is 2.07. The van der Waals surface area contributed by atoms with Crippen molar-refractivity contribution < 1.29 is 4.79 Å². The van der Waals surface area contributed by atoms with Crippen molar-refractivity contribution in [3.05, 3.63) is 71.9 Å². The molecule has 0 fully saturated rings. The molecule has 0 aliphatic rings. The zero-order valence-corrected chi connectivity index (χ0v) is 14.3. The second kappa shape index (κ2) is 7.57. The Morgan fingerprint density at radius 3 is 2.72 bits per heavy atom. The minimum Gasteiger partial charge on any atom is -0.363 e. The van der Waals surface area contributed by atoms with Crippen molar-refractivity contribution in [2.45, 2.75) is 13.1 Å². The van der Waals surface area contributed by atoms with E-state index in [1.54, 1.807) is 23.3 Å². The Hall–Kier alpha value is -3.22. The van der Waals surface area contributed by atoms with Gasteiger partial charge >= 0.3 is 0 Å². The Kier molecular flexibility index (Phi) is 5.03. The molecule has 7 nitrogen and oxygen atoms in total. The lowest BCUT2D eigenvalue weighted by Crippen LogP contribution is -2.23. The predicted molar refractivity (Wildman–Crippen MR) is 95.3 cm³/mol. The van der Waals surface area contributed by atoms with E-state index in [4.69, 9.17) is 0 Å². The smallest absolute Gasteiger partial charge is 0.253 e. The third-order valence-electron chi connectivity index (χ3n) is 3.72. The summed E-state index contributed by atoms with van der Waals surface area (Å²) < 4.78 is 1.76. The number of hydrogen-bond acceptors (Lipinski definition) is 5. The average Bonchev–Trinajstić information content (AvgIpc) is 3.13. The monoisotopic (exact) mass is 336 g/mol. The first kappa shape index (κ1) is 16.6.